The van der Waals surface area contributed by atoms with Crippen molar-refractivity contribution in [2.24, 2.45) is 0 Å². The van der Waals surface area contributed by atoms with Crippen LogP contribution in [0, 0.1) is 5.82 Å². The van der Waals surface area contributed by atoms with Gasteiger partial charge in [-0.15, -0.1) is 0 Å². The highest BCUT2D eigenvalue weighted by Crippen LogP contribution is 2.19. The lowest BCUT2D eigenvalue weighted by Gasteiger charge is -2.02. The minimum absolute atomic E-state index is 0.0109. The highest BCUT2D eigenvalue weighted by molar-refractivity contribution is 6.31. The molecule has 0 fully saturated rings. The van der Waals surface area contributed by atoms with Crippen LogP contribution in [0.3, 0.4) is 0 Å². The van der Waals surface area contributed by atoms with Gasteiger partial charge in [-0.3, -0.25) is 4.79 Å². The summed E-state index contributed by atoms with van der Waals surface area (Å²) in [6.07, 6.45) is 2.98. The smallest absolute Gasteiger partial charge is 0.248 e. The van der Waals surface area contributed by atoms with Crippen molar-refractivity contribution in [1.82, 2.24) is 0 Å². The van der Waals surface area contributed by atoms with Crippen LogP contribution in [0.15, 0.2) is 30.4 Å². The first kappa shape index (κ1) is 10.7. The minimum atomic E-state index is -0.504. The molecule has 1 rings (SSSR count). The Balaban J connectivity index is 2.78. The Morgan fingerprint density at radius 3 is 2.86 bits per heavy atom. The topological polar surface area (TPSA) is 29.1 Å². The second-order valence-corrected chi connectivity index (χ2v) is 3.03. The van der Waals surface area contributed by atoms with E-state index in [2.05, 4.69) is 5.32 Å². The number of carbonyl (C=O) groups excluding carboxylic acids is 1. The molecule has 1 N–H and O–H groups in total. The van der Waals surface area contributed by atoms with E-state index >= 15 is 0 Å². The maximum absolute atomic E-state index is 12.7. The predicted molar refractivity (Wildman–Crippen MR) is 54.9 cm³/mol. The Morgan fingerprint density at radius 1 is 1.57 bits per heavy atom. The van der Waals surface area contributed by atoms with Crippen LogP contribution in [-0.4, -0.2) is 5.91 Å². The molecule has 0 heterocycles. The molecule has 74 valence electrons. The zero-order valence-corrected chi connectivity index (χ0v) is 8.31. The lowest BCUT2D eigenvalue weighted by Crippen LogP contribution is -2.07. The van der Waals surface area contributed by atoms with E-state index in [1.54, 1.807) is 13.0 Å². The first-order valence-electron chi connectivity index (χ1n) is 4.02. The van der Waals surface area contributed by atoms with E-state index in [4.69, 9.17) is 11.6 Å². The molecule has 2 nitrogen and oxygen atoms in total. The van der Waals surface area contributed by atoms with Gasteiger partial charge in [0, 0.05) is 5.69 Å². The van der Waals surface area contributed by atoms with Gasteiger partial charge in [0.25, 0.3) is 0 Å². The summed E-state index contributed by atoms with van der Waals surface area (Å²) in [5.74, 6) is -0.772. The van der Waals surface area contributed by atoms with Crippen molar-refractivity contribution in [3.8, 4) is 0 Å². The molecular weight excluding hydrogens is 205 g/mol. The summed E-state index contributed by atoms with van der Waals surface area (Å²) in [5.41, 5.74) is 0.472. The summed E-state index contributed by atoms with van der Waals surface area (Å²) in [5, 5.41) is 2.52. The Bertz CT molecular complexity index is 376. The Morgan fingerprint density at radius 2 is 2.29 bits per heavy atom. The van der Waals surface area contributed by atoms with Gasteiger partial charge in [-0.05, 0) is 31.2 Å². The summed E-state index contributed by atoms with van der Waals surface area (Å²) in [6, 6.07) is 4.01. The van der Waals surface area contributed by atoms with Crippen molar-refractivity contribution in [2.75, 3.05) is 5.32 Å². The second-order valence-electron chi connectivity index (χ2n) is 2.62. The SMILES string of the molecule is CC=CC(=O)Nc1ccc(F)c(Cl)c1. The molecule has 0 atom stereocenters. The number of hydrogen-bond donors (Lipinski definition) is 1. The number of carbonyl (C=O) groups is 1. The Kier molecular flexibility index (Phi) is 3.65. The van der Waals surface area contributed by atoms with E-state index in [0.717, 1.165) is 0 Å². The molecular formula is C10H9ClFNO. The number of amides is 1. The first-order chi connectivity index (χ1) is 6.63. The molecule has 0 bridgehead atoms. The van der Waals surface area contributed by atoms with Gasteiger partial charge in [0.05, 0.1) is 5.02 Å². The van der Waals surface area contributed by atoms with E-state index in [-0.39, 0.29) is 10.9 Å². The average molecular weight is 214 g/mol. The molecule has 0 aliphatic rings. The summed E-state index contributed by atoms with van der Waals surface area (Å²) >= 11 is 5.53. The van der Waals surface area contributed by atoms with Gasteiger partial charge in [0.2, 0.25) is 5.91 Å². The number of anilines is 1. The van der Waals surface area contributed by atoms with Crippen molar-refractivity contribution < 1.29 is 9.18 Å². The zero-order valence-electron chi connectivity index (χ0n) is 7.55. The van der Waals surface area contributed by atoms with E-state index in [1.165, 1.54) is 24.3 Å². The van der Waals surface area contributed by atoms with Crippen molar-refractivity contribution in [3.63, 3.8) is 0 Å². The number of benzene rings is 1. The molecule has 0 saturated carbocycles. The normalized spacial score (nSPS) is 10.5. The summed E-state index contributed by atoms with van der Waals surface area (Å²) in [7, 11) is 0. The molecule has 0 saturated heterocycles. The molecule has 0 spiro atoms. The van der Waals surface area contributed by atoms with Crippen molar-refractivity contribution in [2.45, 2.75) is 6.92 Å². The largest absolute Gasteiger partial charge is 0.322 e. The van der Waals surface area contributed by atoms with E-state index in [0.29, 0.717) is 5.69 Å². The molecule has 0 aliphatic heterocycles. The van der Waals surface area contributed by atoms with Gasteiger partial charge in [0.1, 0.15) is 5.82 Å². The molecule has 0 unspecified atom stereocenters. The van der Waals surface area contributed by atoms with Crippen LogP contribution in [-0.2, 0) is 4.79 Å². The molecule has 1 aromatic rings. The number of halogens is 2. The Labute approximate surface area is 86.4 Å². The molecule has 0 radical (unpaired) electrons. The van der Waals surface area contributed by atoms with E-state index < -0.39 is 5.82 Å². The van der Waals surface area contributed by atoms with Gasteiger partial charge < -0.3 is 5.32 Å². The fourth-order valence-electron chi connectivity index (χ4n) is 0.909. The maximum Gasteiger partial charge on any atom is 0.248 e. The maximum atomic E-state index is 12.7. The van der Waals surface area contributed by atoms with Crippen LogP contribution in [0.25, 0.3) is 0 Å². The van der Waals surface area contributed by atoms with E-state index in [9.17, 15) is 9.18 Å². The second kappa shape index (κ2) is 4.77. The molecule has 14 heavy (non-hydrogen) atoms. The first-order valence-corrected chi connectivity index (χ1v) is 4.40. The minimum Gasteiger partial charge on any atom is -0.322 e. The summed E-state index contributed by atoms with van der Waals surface area (Å²) < 4.78 is 12.7. The summed E-state index contributed by atoms with van der Waals surface area (Å²) in [6.45, 7) is 1.73. The van der Waals surface area contributed by atoms with Crippen LogP contribution in [0.2, 0.25) is 5.02 Å². The van der Waals surface area contributed by atoms with Crippen LogP contribution < -0.4 is 5.32 Å². The number of rotatable bonds is 2. The number of nitrogens with one attached hydrogen (secondary N) is 1. The Hall–Kier alpha value is -1.35. The lowest BCUT2D eigenvalue weighted by molar-refractivity contribution is -0.111. The zero-order chi connectivity index (χ0) is 10.6. The quantitative estimate of drug-likeness (QED) is 0.752. The predicted octanol–water partition coefficient (Wildman–Crippen LogP) is 2.99. The van der Waals surface area contributed by atoms with Crippen LogP contribution in [0.4, 0.5) is 10.1 Å². The molecule has 1 aromatic carbocycles. The van der Waals surface area contributed by atoms with Gasteiger partial charge in [-0.1, -0.05) is 17.7 Å². The van der Waals surface area contributed by atoms with Crippen molar-refractivity contribution >= 4 is 23.2 Å². The number of allylic oxidation sites excluding steroid dienone is 1. The van der Waals surface area contributed by atoms with Gasteiger partial charge in [0.15, 0.2) is 0 Å². The van der Waals surface area contributed by atoms with Crippen LogP contribution in [0.1, 0.15) is 6.92 Å². The highest BCUT2D eigenvalue weighted by atomic mass is 35.5. The van der Waals surface area contributed by atoms with E-state index in [1.807, 2.05) is 0 Å². The molecule has 4 heteroatoms. The van der Waals surface area contributed by atoms with Gasteiger partial charge >= 0.3 is 0 Å². The highest BCUT2D eigenvalue weighted by Gasteiger charge is 2.02. The lowest BCUT2D eigenvalue weighted by atomic mass is 10.3. The van der Waals surface area contributed by atoms with Gasteiger partial charge in [-0.2, -0.15) is 0 Å². The van der Waals surface area contributed by atoms with Gasteiger partial charge in [-0.25, -0.2) is 4.39 Å². The fraction of sp³-hybridized carbons (Fsp3) is 0.100. The molecule has 0 aliphatic carbocycles. The van der Waals surface area contributed by atoms with Crippen LogP contribution in [0.5, 0.6) is 0 Å². The number of hydrogen-bond acceptors (Lipinski definition) is 1. The van der Waals surface area contributed by atoms with Crippen LogP contribution >= 0.6 is 11.6 Å². The fourth-order valence-corrected chi connectivity index (χ4v) is 1.09. The third kappa shape index (κ3) is 2.85. The average Bonchev–Trinajstić information content (AvgIpc) is 2.12. The van der Waals surface area contributed by atoms with Crippen molar-refractivity contribution in [3.05, 3.63) is 41.2 Å². The molecule has 1 amide bonds. The third-order valence-electron chi connectivity index (χ3n) is 1.51. The summed E-state index contributed by atoms with van der Waals surface area (Å²) in [4.78, 5) is 11.1. The molecule has 0 aromatic heterocycles. The third-order valence-corrected chi connectivity index (χ3v) is 1.79. The van der Waals surface area contributed by atoms with Crippen molar-refractivity contribution in [1.29, 1.82) is 0 Å². The monoisotopic (exact) mass is 213 g/mol. The standard InChI is InChI=1S/C10H9ClFNO/c1-2-3-10(14)13-7-4-5-9(12)8(11)6-7/h2-6H,1H3,(H,13,14).